The van der Waals surface area contributed by atoms with Crippen LogP contribution < -0.4 is 10.5 Å². The van der Waals surface area contributed by atoms with Gasteiger partial charge in [0.2, 0.25) is 0 Å². The Morgan fingerprint density at radius 1 is 1.73 bits per heavy atom. The van der Waals surface area contributed by atoms with E-state index >= 15 is 0 Å². The van der Waals surface area contributed by atoms with Gasteiger partial charge in [0, 0.05) is 7.05 Å². The first-order valence-corrected chi connectivity index (χ1v) is 3.66. The van der Waals surface area contributed by atoms with E-state index in [2.05, 4.69) is 5.10 Å². The second-order valence-corrected chi connectivity index (χ2v) is 2.41. The van der Waals surface area contributed by atoms with Crippen molar-refractivity contribution in [1.29, 1.82) is 0 Å². The van der Waals surface area contributed by atoms with Gasteiger partial charge >= 0.3 is 0 Å². The normalized spacial score (nSPS) is 10.0. The summed E-state index contributed by atoms with van der Waals surface area (Å²) < 4.78 is 6.89. The molecule has 0 saturated carbocycles. The number of ether oxygens (including phenoxy) is 1. The molecule has 0 radical (unpaired) electrons. The predicted octanol–water partition coefficient (Wildman–Crippen LogP) is 0.791. The van der Waals surface area contributed by atoms with Gasteiger partial charge in [-0.1, -0.05) is 6.92 Å². The highest BCUT2D eigenvalue weighted by Crippen LogP contribution is 2.16. The number of aromatic nitrogens is 2. The summed E-state index contributed by atoms with van der Waals surface area (Å²) in [5.41, 5.74) is 6.17. The number of hydrogen-bond donors (Lipinski definition) is 1. The van der Waals surface area contributed by atoms with Crippen LogP contribution in [0.25, 0.3) is 0 Å². The molecule has 0 aliphatic carbocycles. The molecule has 4 heteroatoms. The van der Waals surface area contributed by atoms with Crippen LogP contribution in [0.15, 0.2) is 6.20 Å². The molecule has 0 unspecified atom stereocenters. The molecule has 1 aromatic rings. The van der Waals surface area contributed by atoms with Crippen molar-refractivity contribution in [1.82, 2.24) is 9.78 Å². The molecule has 0 aliphatic heterocycles. The molecule has 2 N–H and O–H groups in total. The van der Waals surface area contributed by atoms with Crippen LogP contribution in [0.2, 0.25) is 0 Å². The van der Waals surface area contributed by atoms with Gasteiger partial charge in [0.05, 0.1) is 12.8 Å². The highest BCUT2D eigenvalue weighted by Gasteiger charge is 2.02. The van der Waals surface area contributed by atoms with Crippen molar-refractivity contribution in [2.75, 3.05) is 12.3 Å². The van der Waals surface area contributed by atoms with Crippen LogP contribution in [0.1, 0.15) is 13.3 Å². The number of anilines is 1. The average molecular weight is 155 g/mol. The van der Waals surface area contributed by atoms with E-state index < -0.39 is 0 Å². The van der Waals surface area contributed by atoms with Gasteiger partial charge in [0.15, 0.2) is 0 Å². The fraction of sp³-hybridized carbons (Fsp3) is 0.571. The van der Waals surface area contributed by atoms with Crippen molar-refractivity contribution in [2.24, 2.45) is 7.05 Å². The Morgan fingerprint density at radius 2 is 2.45 bits per heavy atom. The summed E-state index contributed by atoms with van der Waals surface area (Å²) in [5, 5.41) is 4.02. The molecule has 11 heavy (non-hydrogen) atoms. The van der Waals surface area contributed by atoms with E-state index in [9.17, 15) is 0 Å². The third-order valence-corrected chi connectivity index (χ3v) is 1.26. The summed E-state index contributed by atoms with van der Waals surface area (Å²) in [7, 11) is 1.81. The molecular formula is C7H13N3O. The first-order valence-electron chi connectivity index (χ1n) is 3.66. The second-order valence-electron chi connectivity index (χ2n) is 2.41. The van der Waals surface area contributed by atoms with Crippen molar-refractivity contribution in [3.63, 3.8) is 0 Å². The fourth-order valence-corrected chi connectivity index (χ4v) is 0.797. The summed E-state index contributed by atoms with van der Waals surface area (Å²) in [6.45, 7) is 2.71. The minimum absolute atomic E-state index is 0.536. The lowest BCUT2D eigenvalue weighted by atomic mass is 10.5. The van der Waals surface area contributed by atoms with E-state index in [-0.39, 0.29) is 0 Å². The molecule has 1 heterocycles. The Morgan fingerprint density at radius 3 is 2.91 bits per heavy atom. The predicted molar refractivity (Wildman–Crippen MR) is 43.4 cm³/mol. The third kappa shape index (κ3) is 1.86. The Labute approximate surface area is 66.0 Å². The standard InChI is InChI=1S/C7H13N3O/c1-3-4-11-7-6(8)5-10(2)9-7/h5H,3-4,8H2,1-2H3. The van der Waals surface area contributed by atoms with Crippen LogP contribution in [-0.2, 0) is 7.05 Å². The van der Waals surface area contributed by atoms with Gasteiger partial charge in [-0.2, -0.15) is 0 Å². The lowest BCUT2D eigenvalue weighted by molar-refractivity contribution is 0.303. The minimum Gasteiger partial charge on any atom is -0.475 e. The Kier molecular flexibility index (Phi) is 2.36. The summed E-state index contributed by atoms with van der Waals surface area (Å²) in [5.74, 6) is 0.536. The zero-order valence-electron chi connectivity index (χ0n) is 6.87. The van der Waals surface area contributed by atoms with E-state index in [1.807, 2.05) is 14.0 Å². The van der Waals surface area contributed by atoms with Gasteiger partial charge in [0.25, 0.3) is 5.88 Å². The summed E-state index contributed by atoms with van der Waals surface area (Å²) in [6.07, 6.45) is 2.70. The van der Waals surface area contributed by atoms with Gasteiger partial charge in [-0.15, -0.1) is 5.10 Å². The minimum atomic E-state index is 0.536. The van der Waals surface area contributed by atoms with Crippen LogP contribution in [0.4, 0.5) is 5.69 Å². The van der Waals surface area contributed by atoms with E-state index in [0.717, 1.165) is 6.42 Å². The SMILES string of the molecule is CCCOc1nn(C)cc1N. The molecule has 0 atom stereocenters. The van der Waals surface area contributed by atoms with Crippen molar-refractivity contribution >= 4 is 5.69 Å². The molecule has 1 rings (SSSR count). The maximum atomic E-state index is 5.57. The van der Waals surface area contributed by atoms with E-state index in [1.165, 1.54) is 0 Å². The number of hydrogen-bond acceptors (Lipinski definition) is 3. The first-order chi connectivity index (χ1) is 5.24. The average Bonchev–Trinajstić information content (AvgIpc) is 2.26. The zero-order valence-corrected chi connectivity index (χ0v) is 6.87. The molecule has 0 aromatic carbocycles. The highest BCUT2D eigenvalue weighted by molar-refractivity contribution is 5.45. The lowest BCUT2D eigenvalue weighted by Crippen LogP contribution is -1.98. The number of nitrogens with zero attached hydrogens (tertiary/aromatic N) is 2. The summed E-state index contributed by atoms with van der Waals surface area (Å²) in [6, 6.07) is 0. The maximum absolute atomic E-state index is 5.57. The molecule has 0 spiro atoms. The van der Waals surface area contributed by atoms with Gasteiger partial charge in [-0.25, -0.2) is 0 Å². The van der Waals surface area contributed by atoms with Crippen LogP contribution >= 0.6 is 0 Å². The molecular weight excluding hydrogens is 142 g/mol. The first kappa shape index (κ1) is 7.91. The van der Waals surface area contributed by atoms with Gasteiger partial charge < -0.3 is 10.5 Å². The van der Waals surface area contributed by atoms with E-state index in [0.29, 0.717) is 18.2 Å². The van der Waals surface area contributed by atoms with Gasteiger partial charge in [-0.3, -0.25) is 4.68 Å². The molecule has 0 amide bonds. The van der Waals surface area contributed by atoms with Crippen LogP contribution in [-0.4, -0.2) is 16.4 Å². The quantitative estimate of drug-likeness (QED) is 0.702. The maximum Gasteiger partial charge on any atom is 0.256 e. The largest absolute Gasteiger partial charge is 0.475 e. The lowest BCUT2D eigenvalue weighted by Gasteiger charge is -1.99. The number of aryl methyl sites for hydroxylation is 1. The molecule has 1 aromatic heterocycles. The molecule has 0 fully saturated rings. The Hall–Kier alpha value is -1.19. The molecule has 0 bridgehead atoms. The van der Waals surface area contributed by atoms with Crippen LogP contribution in [0, 0.1) is 0 Å². The number of nitrogen functional groups attached to an aromatic ring is 1. The van der Waals surface area contributed by atoms with Crippen molar-refractivity contribution in [3.05, 3.63) is 6.20 Å². The van der Waals surface area contributed by atoms with Crippen molar-refractivity contribution < 1.29 is 4.74 Å². The van der Waals surface area contributed by atoms with Crippen LogP contribution in [0.3, 0.4) is 0 Å². The van der Waals surface area contributed by atoms with Crippen molar-refractivity contribution in [3.8, 4) is 5.88 Å². The van der Waals surface area contributed by atoms with E-state index in [1.54, 1.807) is 10.9 Å². The monoisotopic (exact) mass is 155 g/mol. The number of rotatable bonds is 3. The smallest absolute Gasteiger partial charge is 0.256 e. The molecule has 62 valence electrons. The Bertz CT molecular complexity index is 232. The van der Waals surface area contributed by atoms with Crippen LogP contribution in [0.5, 0.6) is 5.88 Å². The second kappa shape index (κ2) is 3.27. The molecule has 0 saturated heterocycles. The van der Waals surface area contributed by atoms with Gasteiger partial charge in [-0.05, 0) is 6.42 Å². The number of nitrogens with two attached hydrogens (primary N) is 1. The topological polar surface area (TPSA) is 53.1 Å². The van der Waals surface area contributed by atoms with Gasteiger partial charge in [0.1, 0.15) is 5.69 Å². The summed E-state index contributed by atoms with van der Waals surface area (Å²) >= 11 is 0. The van der Waals surface area contributed by atoms with Crippen molar-refractivity contribution in [2.45, 2.75) is 13.3 Å². The summed E-state index contributed by atoms with van der Waals surface area (Å²) in [4.78, 5) is 0. The zero-order chi connectivity index (χ0) is 8.27. The fourth-order valence-electron chi connectivity index (χ4n) is 0.797. The van der Waals surface area contributed by atoms with E-state index in [4.69, 9.17) is 10.5 Å². The molecule has 0 aliphatic rings. The highest BCUT2D eigenvalue weighted by atomic mass is 16.5. The molecule has 4 nitrogen and oxygen atoms in total. The Balaban J connectivity index is 2.62. The third-order valence-electron chi connectivity index (χ3n) is 1.26.